The highest BCUT2D eigenvalue weighted by atomic mass is 32.2. The van der Waals surface area contributed by atoms with Crippen LogP contribution in [0.1, 0.15) is 26.5 Å². The second-order valence-corrected chi connectivity index (χ2v) is 7.44. The Morgan fingerprint density at radius 2 is 1.72 bits per heavy atom. The number of aryl methyl sites for hydroxylation is 1. The molecule has 2 N–H and O–H groups in total. The van der Waals surface area contributed by atoms with E-state index in [4.69, 9.17) is 4.55 Å². The Kier molecular flexibility index (Phi) is 6.93. The molecule has 3 rings (SSSR count). The third-order valence-electron chi connectivity index (χ3n) is 4.51. The quantitative estimate of drug-likeness (QED) is 0.635. The fourth-order valence-corrected chi connectivity index (χ4v) is 3.36. The highest BCUT2D eigenvalue weighted by Crippen LogP contribution is 2.32. The molecular formula is C18H18F3N5O5S. The van der Waals surface area contributed by atoms with Crippen LogP contribution in [-0.4, -0.2) is 72.9 Å². The summed E-state index contributed by atoms with van der Waals surface area (Å²) in [6.07, 6.45) is -2.23. The first kappa shape index (κ1) is 23.4. The number of carbonyl (C=O) groups is 2. The summed E-state index contributed by atoms with van der Waals surface area (Å²) in [5.74, 6) is -1.73. The molecule has 172 valence electrons. The minimum atomic E-state index is -5.07. The normalized spacial score (nSPS) is 15.3. The Balaban J connectivity index is 1.70. The van der Waals surface area contributed by atoms with Crippen molar-refractivity contribution in [1.82, 2.24) is 19.8 Å². The fraction of sp³-hybridized carbons (Fsp3) is 0.333. The maximum absolute atomic E-state index is 12.8. The number of hydrogen-bond donors (Lipinski definition) is 2. The second-order valence-electron chi connectivity index (χ2n) is 6.74. The van der Waals surface area contributed by atoms with Gasteiger partial charge in [-0.15, -0.1) is 13.2 Å². The molecule has 2 aromatic rings. The van der Waals surface area contributed by atoms with Gasteiger partial charge in [-0.05, 0) is 25.1 Å². The van der Waals surface area contributed by atoms with Crippen LogP contribution in [0.3, 0.4) is 0 Å². The van der Waals surface area contributed by atoms with Crippen LogP contribution in [0.4, 0.5) is 18.9 Å². The van der Waals surface area contributed by atoms with Crippen LogP contribution in [0.2, 0.25) is 0 Å². The van der Waals surface area contributed by atoms with Crippen molar-refractivity contribution >= 4 is 28.8 Å². The Morgan fingerprint density at radius 3 is 2.25 bits per heavy atom. The van der Waals surface area contributed by atoms with Gasteiger partial charge in [0.15, 0.2) is 5.75 Å². The third-order valence-corrected chi connectivity index (χ3v) is 4.90. The maximum atomic E-state index is 12.8. The molecule has 1 unspecified atom stereocenters. The lowest BCUT2D eigenvalue weighted by molar-refractivity contribution is -0.274. The van der Waals surface area contributed by atoms with Crippen LogP contribution >= 0.6 is 0 Å². The number of piperazine rings is 1. The highest BCUT2D eigenvalue weighted by Gasteiger charge is 2.33. The van der Waals surface area contributed by atoms with Crippen molar-refractivity contribution in [3.8, 4) is 5.75 Å². The number of halogens is 3. The zero-order valence-electron chi connectivity index (χ0n) is 16.6. The first-order chi connectivity index (χ1) is 15.0. The third kappa shape index (κ3) is 5.91. The van der Waals surface area contributed by atoms with Gasteiger partial charge >= 0.3 is 6.36 Å². The van der Waals surface area contributed by atoms with Gasteiger partial charge in [-0.1, -0.05) is 0 Å². The molecule has 1 aromatic carbocycles. The van der Waals surface area contributed by atoms with Crippen molar-refractivity contribution in [2.24, 2.45) is 0 Å². The van der Waals surface area contributed by atoms with Gasteiger partial charge in [0.05, 0.1) is 17.6 Å². The Hall–Kier alpha value is -3.26. The largest absolute Gasteiger partial charge is 0.573 e. The minimum Gasteiger partial charge on any atom is -0.404 e. The van der Waals surface area contributed by atoms with Crippen LogP contribution < -0.4 is 9.46 Å². The molecule has 1 aliphatic rings. The molecule has 1 fully saturated rings. The van der Waals surface area contributed by atoms with Crippen LogP contribution in [0, 0.1) is 6.92 Å². The van der Waals surface area contributed by atoms with E-state index in [1.807, 2.05) is 4.72 Å². The lowest BCUT2D eigenvalue weighted by atomic mass is 10.1. The molecule has 10 nitrogen and oxygen atoms in total. The van der Waals surface area contributed by atoms with Crippen LogP contribution in [0.5, 0.6) is 5.75 Å². The first-order valence-electron chi connectivity index (χ1n) is 9.18. The fourth-order valence-electron chi connectivity index (χ4n) is 3.00. The molecule has 14 heteroatoms. The van der Waals surface area contributed by atoms with Crippen molar-refractivity contribution in [3.05, 3.63) is 47.5 Å². The number of aromatic nitrogens is 2. The summed E-state index contributed by atoms with van der Waals surface area (Å²) in [7, 11) is 0. The molecule has 0 spiro atoms. The van der Waals surface area contributed by atoms with Crippen LogP contribution in [0.25, 0.3) is 0 Å². The van der Waals surface area contributed by atoms with E-state index < -0.39 is 35.0 Å². The summed E-state index contributed by atoms with van der Waals surface area (Å²) in [6.45, 7) is 2.45. The van der Waals surface area contributed by atoms with E-state index in [1.54, 1.807) is 6.92 Å². The molecule has 1 saturated heterocycles. The second kappa shape index (κ2) is 9.48. The van der Waals surface area contributed by atoms with Crippen LogP contribution in [-0.2, 0) is 11.3 Å². The molecule has 2 heterocycles. The monoisotopic (exact) mass is 473 g/mol. The van der Waals surface area contributed by atoms with Crippen molar-refractivity contribution in [2.75, 3.05) is 30.9 Å². The Labute approximate surface area is 182 Å². The Bertz CT molecular complexity index is 1030. The van der Waals surface area contributed by atoms with E-state index >= 15 is 0 Å². The van der Waals surface area contributed by atoms with Gasteiger partial charge in [-0.3, -0.25) is 23.8 Å². The molecule has 0 bridgehead atoms. The number of ether oxygens (including phenoxy) is 1. The molecule has 0 saturated carbocycles. The van der Waals surface area contributed by atoms with Gasteiger partial charge < -0.3 is 14.5 Å². The van der Waals surface area contributed by atoms with Gasteiger partial charge in [0.1, 0.15) is 5.69 Å². The SMILES string of the molecule is Cc1cnc(C(=O)N2CCN(C(=O)c3ccc(NS(=O)O)c(OC(F)(F)F)c3)CC2)cn1. The minimum absolute atomic E-state index is 0.109. The number of alkyl halides is 3. The van der Waals surface area contributed by atoms with E-state index in [1.165, 1.54) is 28.3 Å². The Morgan fingerprint density at radius 1 is 1.09 bits per heavy atom. The molecule has 32 heavy (non-hydrogen) atoms. The number of nitrogens with one attached hydrogen (secondary N) is 1. The van der Waals surface area contributed by atoms with Gasteiger partial charge in [0, 0.05) is 37.9 Å². The van der Waals surface area contributed by atoms with Crippen molar-refractivity contribution < 1.29 is 36.3 Å². The zero-order valence-corrected chi connectivity index (χ0v) is 17.4. The molecule has 2 amide bonds. The number of rotatable bonds is 5. The lowest BCUT2D eigenvalue weighted by Crippen LogP contribution is -2.50. The number of carbonyl (C=O) groups excluding carboxylic acids is 2. The van der Waals surface area contributed by atoms with Crippen molar-refractivity contribution in [1.29, 1.82) is 0 Å². The molecular weight excluding hydrogens is 455 g/mol. The maximum Gasteiger partial charge on any atom is 0.573 e. The average molecular weight is 473 g/mol. The van der Waals surface area contributed by atoms with E-state index in [2.05, 4.69) is 14.7 Å². The number of anilines is 1. The predicted molar refractivity (Wildman–Crippen MR) is 106 cm³/mol. The van der Waals surface area contributed by atoms with Gasteiger partial charge in [-0.25, -0.2) is 9.19 Å². The first-order valence-corrected chi connectivity index (χ1v) is 10.3. The molecule has 1 aromatic heterocycles. The summed E-state index contributed by atoms with van der Waals surface area (Å²) >= 11 is -2.64. The summed E-state index contributed by atoms with van der Waals surface area (Å²) in [4.78, 5) is 36.2. The topological polar surface area (TPSA) is 125 Å². The number of hydrogen-bond acceptors (Lipinski definition) is 6. The zero-order chi connectivity index (χ0) is 23.5. The van der Waals surface area contributed by atoms with Gasteiger partial charge in [0.25, 0.3) is 23.1 Å². The number of nitrogens with zero attached hydrogens (tertiary/aromatic N) is 4. The summed E-state index contributed by atoms with van der Waals surface area (Å²) in [6, 6.07) is 3.09. The van der Waals surface area contributed by atoms with Crippen LogP contribution in [0.15, 0.2) is 30.6 Å². The summed E-state index contributed by atoms with van der Waals surface area (Å²) in [5.41, 5.74) is 0.322. The van der Waals surface area contributed by atoms with Crippen molar-refractivity contribution in [2.45, 2.75) is 13.3 Å². The van der Waals surface area contributed by atoms with E-state index in [-0.39, 0.29) is 43.3 Å². The predicted octanol–water partition coefficient (Wildman–Crippen LogP) is 1.83. The van der Waals surface area contributed by atoms with Gasteiger partial charge in [-0.2, -0.15) is 0 Å². The van der Waals surface area contributed by atoms with E-state index in [9.17, 15) is 27.0 Å². The van der Waals surface area contributed by atoms with Crippen molar-refractivity contribution in [3.63, 3.8) is 0 Å². The van der Waals surface area contributed by atoms with E-state index in [0.29, 0.717) is 5.69 Å². The summed E-state index contributed by atoms with van der Waals surface area (Å²) in [5, 5.41) is 0. The standard InChI is InChI=1S/C18H18F3N5O5S/c1-11-9-23-14(10-22-11)17(28)26-6-4-25(5-7-26)16(27)12-2-3-13(24-32(29)30)15(8-12)31-18(19,20)21/h2-3,8-10,24H,4-7H2,1H3,(H,29,30). The number of amides is 2. The summed E-state index contributed by atoms with van der Waals surface area (Å²) < 4.78 is 63.7. The molecule has 1 aliphatic heterocycles. The lowest BCUT2D eigenvalue weighted by Gasteiger charge is -2.34. The average Bonchev–Trinajstić information content (AvgIpc) is 2.73. The van der Waals surface area contributed by atoms with Gasteiger partial charge in [0.2, 0.25) is 0 Å². The molecule has 1 atom stereocenters. The smallest absolute Gasteiger partial charge is 0.404 e. The highest BCUT2D eigenvalue weighted by molar-refractivity contribution is 7.80. The molecule has 0 radical (unpaired) electrons. The van der Waals surface area contributed by atoms with E-state index in [0.717, 1.165) is 12.1 Å². The number of benzene rings is 1. The molecule has 0 aliphatic carbocycles.